The van der Waals surface area contributed by atoms with Gasteiger partial charge in [-0.1, -0.05) is 13.8 Å². The normalized spacial score (nSPS) is 15.4. The predicted molar refractivity (Wildman–Crippen MR) is 65.5 cm³/mol. The van der Waals surface area contributed by atoms with Gasteiger partial charge < -0.3 is 19.9 Å². The Balaban J connectivity index is 3.20. The van der Waals surface area contributed by atoms with Crippen molar-refractivity contribution < 1.29 is 14.2 Å². The van der Waals surface area contributed by atoms with Crippen LogP contribution in [0.3, 0.4) is 0 Å². The zero-order chi connectivity index (χ0) is 12.4. The Morgan fingerprint density at radius 1 is 0.875 bits per heavy atom. The predicted octanol–water partition coefficient (Wildman–Crippen LogP) is 1.43. The zero-order valence-corrected chi connectivity index (χ0v) is 11.1. The monoisotopic (exact) mass is 233 g/mol. The van der Waals surface area contributed by atoms with Gasteiger partial charge in [0.1, 0.15) is 0 Å². The van der Waals surface area contributed by atoms with E-state index in [0.29, 0.717) is 32.3 Å². The first kappa shape index (κ1) is 15.8. The molecule has 0 aromatic heterocycles. The standard InChI is InChI=1S/C12H27NO3/c1-10(2)7-14-5-6-16-12(4)9-15-8-11(3)13/h10-12H,5-9,13H2,1-4H3. The Bertz CT molecular complexity index is 151. The van der Waals surface area contributed by atoms with Gasteiger partial charge in [0.15, 0.2) is 0 Å². The Kier molecular flexibility index (Phi) is 9.92. The minimum Gasteiger partial charge on any atom is -0.379 e. The molecule has 0 saturated heterocycles. The molecule has 0 aromatic carbocycles. The summed E-state index contributed by atoms with van der Waals surface area (Å²) in [6.07, 6.45) is 0.0985. The van der Waals surface area contributed by atoms with E-state index >= 15 is 0 Å². The number of hydrogen-bond donors (Lipinski definition) is 1. The maximum Gasteiger partial charge on any atom is 0.0781 e. The zero-order valence-electron chi connectivity index (χ0n) is 11.1. The van der Waals surface area contributed by atoms with Crippen LogP contribution >= 0.6 is 0 Å². The van der Waals surface area contributed by atoms with Crippen LogP contribution in [0.25, 0.3) is 0 Å². The molecule has 4 heteroatoms. The van der Waals surface area contributed by atoms with Crippen molar-refractivity contribution in [3.8, 4) is 0 Å². The fraction of sp³-hybridized carbons (Fsp3) is 1.00. The molecule has 0 amide bonds. The van der Waals surface area contributed by atoms with Gasteiger partial charge in [0.05, 0.1) is 32.5 Å². The maximum absolute atomic E-state index is 5.56. The third kappa shape index (κ3) is 11.9. The van der Waals surface area contributed by atoms with Crippen molar-refractivity contribution in [3.63, 3.8) is 0 Å². The summed E-state index contributed by atoms with van der Waals surface area (Å²) in [5.74, 6) is 0.576. The van der Waals surface area contributed by atoms with Crippen molar-refractivity contribution in [2.75, 3.05) is 33.0 Å². The molecule has 4 nitrogen and oxygen atoms in total. The lowest BCUT2D eigenvalue weighted by atomic mass is 10.2. The summed E-state index contributed by atoms with van der Waals surface area (Å²) in [5, 5.41) is 0. The lowest BCUT2D eigenvalue weighted by molar-refractivity contribution is -0.0336. The molecule has 0 aliphatic carbocycles. The maximum atomic E-state index is 5.56. The van der Waals surface area contributed by atoms with Crippen molar-refractivity contribution in [1.29, 1.82) is 0 Å². The lowest BCUT2D eigenvalue weighted by Crippen LogP contribution is -2.26. The first-order valence-corrected chi connectivity index (χ1v) is 6.05. The highest BCUT2D eigenvalue weighted by atomic mass is 16.5. The summed E-state index contributed by atoms with van der Waals surface area (Å²) in [6.45, 7) is 11.4. The van der Waals surface area contributed by atoms with E-state index in [9.17, 15) is 0 Å². The van der Waals surface area contributed by atoms with Gasteiger partial charge in [0.2, 0.25) is 0 Å². The largest absolute Gasteiger partial charge is 0.379 e. The average Bonchev–Trinajstić information content (AvgIpc) is 2.16. The molecule has 0 fully saturated rings. The fourth-order valence-corrected chi connectivity index (χ4v) is 1.10. The molecule has 98 valence electrons. The quantitative estimate of drug-likeness (QED) is 0.580. The van der Waals surface area contributed by atoms with E-state index in [1.54, 1.807) is 0 Å². The van der Waals surface area contributed by atoms with E-state index < -0.39 is 0 Å². The van der Waals surface area contributed by atoms with Crippen molar-refractivity contribution in [1.82, 2.24) is 0 Å². The molecular weight excluding hydrogens is 206 g/mol. The molecule has 0 aliphatic heterocycles. The number of nitrogens with two attached hydrogens (primary N) is 1. The van der Waals surface area contributed by atoms with Gasteiger partial charge >= 0.3 is 0 Å². The third-order valence-electron chi connectivity index (χ3n) is 1.81. The van der Waals surface area contributed by atoms with E-state index in [1.807, 2.05) is 13.8 Å². The minimum absolute atomic E-state index is 0.0848. The van der Waals surface area contributed by atoms with Crippen LogP contribution in [0, 0.1) is 5.92 Å². The topological polar surface area (TPSA) is 53.7 Å². The smallest absolute Gasteiger partial charge is 0.0781 e. The summed E-state index contributed by atoms with van der Waals surface area (Å²) in [4.78, 5) is 0. The van der Waals surface area contributed by atoms with Crippen LogP contribution < -0.4 is 5.73 Å². The Hall–Kier alpha value is -0.160. The molecular formula is C12H27NO3. The minimum atomic E-state index is 0.0848. The van der Waals surface area contributed by atoms with E-state index in [0.717, 1.165) is 6.61 Å². The van der Waals surface area contributed by atoms with Crippen LogP contribution in [0.1, 0.15) is 27.7 Å². The first-order valence-electron chi connectivity index (χ1n) is 6.05. The second-order valence-corrected chi connectivity index (χ2v) is 4.66. The van der Waals surface area contributed by atoms with Gasteiger partial charge in [-0.25, -0.2) is 0 Å². The van der Waals surface area contributed by atoms with Crippen LogP contribution in [-0.2, 0) is 14.2 Å². The van der Waals surface area contributed by atoms with Gasteiger partial charge in [-0.3, -0.25) is 0 Å². The van der Waals surface area contributed by atoms with Crippen LogP contribution in [0.4, 0.5) is 0 Å². The molecule has 0 aromatic rings. The molecule has 0 spiro atoms. The Morgan fingerprint density at radius 3 is 2.12 bits per heavy atom. The van der Waals surface area contributed by atoms with Crippen LogP contribution in [0.15, 0.2) is 0 Å². The van der Waals surface area contributed by atoms with Crippen molar-refractivity contribution in [3.05, 3.63) is 0 Å². The van der Waals surface area contributed by atoms with Crippen LogP contribution in [0.2, 0.25) is 0 Å². The summed E-state index contributed by atoms with van der Waals surface area (Å²) < 4.78 is 16.3. The highest BCUT2D eigenvalue weighted by Gasteiger charge is 2.03. The molecule has 0 rings (SSSR count). The van der Waals surface area contributed by atoms with E-state index in [-0.39, 0.29) is 12.1 Å². The van der Waals surface area contributed by atoms with Crippen molar-refractivity contribution in [2.45, 2.75) is 39.8 Å². The first-order chi connectivity index (χ1) is 7.52. The van der Waals surface area contributed by atoms with E-state index in [2.05, 4.69) is 13.8 Å². The Morgan fingerprint density at radius 2 is 1.56 bits per heavy atom. The molecule has 2 N–H and O–H groups in total. The van der Waals surface area contributed by atoms with Gasteiger partial charge in [0, 0.05) is 12.6 Å². The number of ether oxygens (including phenoxy) is 3. The molecule has 0 bridgehead atoms. The summed E-state index contributed by atoms with van der Waals surface area (Å²) >= 11 is 0. The molecule has 2 unspecified atom stereocenters. The lowest BCUT2D eigenvalue weighted by Gasteiger charge is -2.14. The summed E-state index contributed by atoms with van der Waals surface area (Å²) in [5.41, 5.74) is 5.56. The molecule has 16 heavy (non-hydrogen) atoms. The van der Waals surface area contributed by atoms with Crippen molar-refractivity contribution in [2.24, 2.45) is 11.7 Å². The van der Waals surface area contributed by atoms with Crippen molar-refractivity contribution >= 4 is 0 Å². The van der Waals surface area contributed by atoms with Crippen LogP contribution in [-0.4, -0.2) is 45.2 Å². The highest BCUT2D eigenvalue weighted by molar-refractivity contribution is 4.52. The van der Waals surface area contributed by atoms with Gasteiger partial charge in [0.25, 0.3) is 0 Å². The molecule has 0 aliphatic rings. The summed E-state index contributed by atoms with van der Waals surface area (Å²) in [6, 6.07) is 0.0848. The second-order valence-electron chi connectivity index (χ2n) is 4.66. The molecule has 0 heterocycles. The van der Waals surface area contributed by atoms with Gasteiger partial charge in [-0.05, 0) is 19.8 Å². The molecule has 0 saturated carbocycles. The SMILES string of the molecule is CC(C)COCCOC(C)COCC(C)N. The van der Waals surface area contributed by atoms with Gasteiger partial charge in [-0.15, -0.1) is 0 Å². The second kappa shape index (κ2) is 10.0. The van der Waals surface area contributed by atoms with Gasteiger partial charge in [-0.2, -0.15) is 0 Å². The number of rotatable bonds is 10. The third-order valence-corrected chi connectivity index (χ3v) is 1.81. The Labute approximate surface area is 99.4 Å². The molecule has 0 radical (unpaired) electrons. The highest BCUT2D eigenvalue weighted by Crippen LogP contribution is 1.95. The summed E-state index contributed by atoms with van der Waals surface area (Å²) in [7, 11) is 0. The average molecular weight is 233 g/mol. The fourth-order valence-electron chi connectivity index (χ4n) is 1.10. The van der Waals surface area contributed by atoms with E-state index in [1.165, 1.54) is 0 Å². The van der Waals surface area contributed by atoms with Crippen LogP contribution in [0.5, 0.6) is 0 Å². The number of hydrogen-bond acceptors (Lipinski definition) is 4. The molecule has 2 atom stereocenters. The van der Waals surface area contributed by atoms with E-state index in [4.69, 9.17) is 19.9 Å².